The highest BCUT2D eigenvalue weighted by molar-refractivity contribution is 7.12. The van der Waals surface area contributed by atoms with E-state index in [2.05, 4.69) is 5.32 Å². The van der Waals surface area contributed by atoms with E-state index >= 15 is 0 Å². The lowest BCUT2D eigenvalue weighted by molar-refractivity contribution is -0.000526. The Hall–Kier alpha value is -1.56. The third-order valence-corrected chi connectivity index (χ3v) is 3.77. The average Bonchev–Trinajstić information content (AvgIpc) is 2.77. The Kier molecular flexibility index (Phi) is 4.32. The van der Waals surface area contributed by atoms with E-state index in [1.165, 1.54) is 11.3 Å². The molecule has 20 heavy (non-hydrogen) atoms. The number of hydrogen-bond acceptors (Lipinski definition) is 4. The van der Waals surface area contributed by atoms with Crippen molar-refractivity contribution in [3.8, 4) is 0 Å². The number of carbonyl (C=O) groups is 2. The summed E-state index contributed by atoms with van der Waals surface area (Å²) in [5.41, 5.74) is -0.463. The van der Waals surface area contributed by atoms with Gasteiger partial charge in [-0.1, -0.05) is 6.07 Å². The second-order valence-electron chi connectivity index (χ2n) is 5.94. The van der Waals surface area contributed by atoms with Crippen molar-refractivity contribution in [3.63, 3.8) is 0 Å². The molecule has 0 spiro atoms. The Morgan fingerprint density at radius 2 is 2.15 bits per heavy atom. The molecular weight excluding hydrogens is 276 g/mol. The first-order chi connectivity index (χ1) is 9.35. The van der Waals surface area contributed by atoms with Crippen LogP contribution < -0.4 is 5.32 Å². The third-order valence-electron chi connectivity index (χ3n) is 2.91. The lowest BCUT2D eigenvalue weighted by atomic mass is 10.0. The minimum atomic E-state index is -0.463. The largest absolute Gasteiger partial charge is 0.444 e. The SMILES string of the molecule is CC(C)(C)OC(=O)N1CC(CNC(=O)c2cccs2)C1. The maximum absolute atomic E-state index is 11.7. The van der Waals surface area contributed by atoms with Gasteiger partial charge in [0.05, 0.1) is 4.88 Å². The zero-order valence-corrected chi connectivity index (χ0v) is 12.8. The quantitative estimate of drug-likeness (QED) is 0.931. The van der Waals surface area contributed by atoms with Crippen molar-refractivity contribution < 1.29 is 14.3 Å². The van der Waals surface area contributed by atoms with E-state index in [1.807, 2.05) is 32.2 Å². The van der Waals surface area contributed by atoms with Crippen molar-refractivity contribution in [1.29, 1.82) is 0 Å². The van der Waals surface area contributed by atoms with E-state index in [0.29, 0.717) is 30.4 Å². The molecule has 2 amide bonds. The molecule has 0 saturated carbocycles. The zero-order chi connectivity index (χ0) is 14.8. The number of amides is 2. The summed E-state index contributed by atoms with van der Waals surface area (Å²) in [6.07, 6.45) is -0.279. The van der Waals surface area contributed by atoms with Crippen LogP contribution in [0, 0.1) is 5.92 Å². The van der Waals surface area contributed by atoms with Gasteiger partial charge in [0.2, 0.25) is 0 Å². The molecule has 0 atom stereocenters. The van der Waals surface area contributed by atoms with Crippen LogP contribution in [0.25, 0.3) is 0 Å². The number of rotatable bonds is 3. The van der Waals surface area contributed by atoms with Crippen LogP contribution in [0.1, 0.15) is 30.4 Å². The normalized spacial score (nSPS) is 15.7. The number of ether oxygens (including phenoxy) is 1. The second kappa shape index (κ2) is 5.83. The van der Waals surface area contributed by atoms with Gasteiger partial charge in [-0.2, -0.15) is 0 Å². The molecule has 0 aromatic carbocycles. The smallest absolute Gasteiger partial charge is 0.410 e. The maximum atomic E-state index is 11.7. The van der Waals surface area contributed by atoms with E-state index in [-0.39, 0.29) is 12.0 Å². The monoisotopic (exact) mass is 296 g/mol. The Morgan fingerprint density at radius 3 is 2.70 bits per heavy atom. The molecule has 2 heterocycles. The highest BCUT2D eigenvalue weighted by Crippen LogP contribution is 2.19. The summed E-state index contributed by atoms with van der Waals surface area (Å²) in [7, 11) is 0. The summed E-state index contributed by atoms with van der Waals surface area (Å²) in [5.74, 6) is 0.266. The predicted molar refractivity (Wildman–Crippen MR) is 77.9 cm³/mol. The molecule has 5 nitrogen and oxygen atoms in total. The van der Waals surface area contributed by atoms with Crippen LogP contribution in [0.15, 0.2) is 17.5 Å². The van der Waals surface area contributed by atoms with Gasteiger partial charge in [-0.05, 0) is 32.2 Å². The summed E-state index contributed by atoms with van der Waals surface area (Å²) in [6, 6.07) is 3.65. The number of nitrogens with one attached hydrogen (secondary N) is 1. The number of carbonyl (C=O) groups excluding carboxylic acids is 2. The minimum Gasteiger partial charge on any atom is -0.444 e. The molecule has 1 aromatic rings. The van der Waals surface area contributed by atoms with Crippen molar-refractivity contribution in [1.82, 2.24) is 10.2 Å². The number of likely N-dealkylation sites (tertiary alicyclic amines) is 1. The first-order valence-corrected chi connectivity index (χ1v) is 7.53. The zero-order valence-electron chi connectivity index (χ0n) is 12.0. The van der Waals surface area contributed by atoms with Gasteiger partial charge in [-0.15, -0.1) is 11.3 Å². The first-order valence-electron chi connectivity index (χ1n) is 6.65. The molecule has 2 rings (SSSR count). The van der Waals surface area contributed by atoms with Gasteiger partial charge < -0.3 is 15.0 Å². The van der Waals surface area contributed by atoms with Gasteiger partial charge >= 0.3 is 6.09 Å². The van der Waals surface area contributed by atoms with E-state index < -0.39 is 5.60 Å². The molecule has 0 bridgehead atoms. The van der Waals surface area contributed by atoms with Gasteiger partial charge in [0.15, 0.2) is 0 Å². The fourth-order valence-corrected chi connectivity index (χ4v) is 2.55. The van der Waals surface area contributed by atoms with Gasteiger partial charge in [0, 0.05) is 25.6 Å². The summed E-state index contributed by atoms with van der Waals surface area (Å²) in [6.45, 7) is 7.42. The standard InChI is InChI=1S/C14H20N2O3S/c1-14(2,3)19-13(18)16-8-10(9-16)7-15-12(17)11-5-4-6-20-11/h4-6,10H,7-9H2,1-3H3,(H,15,17). The highest BCUT2D eigenvalue weighted by atomic mass is 32.1. The second-order valence-corrected chi connectivity index (χ2v) is 6.89. The molecule has 1 aromatic heterocycles. The molecule has 6 heteroatoms. The fourth-order valence-electron chi connectivity index (χ4n) is 1.91. The van der Waals surface area contributed by atoms with Crippen LogP contribution in [-0.2, 0) is 4.74 Å². The Morgan fingerprint density at radius 1 is 1.45 bits per heavy atom. The van der Waals surface area contributed by atoms with Crippen molar-refractivity contribution in [2.24, 2.45) is 5.92 Å². The summed E-state index contributed by atoms with van der Waals surface area (Å²) in [4.78, 5) is 25.9. The summed E-state index contributed by atoms with van der Waals surface area (Å²) >= 11 is 1.42. The van der Waals surface area contributed by atoms with Crippen molar-refractivity contribution in [2.45, 2.75) is 26.4 Å². The van der Waals surface area contributed by atoms with Crippen LogP contribution in [0.2, 0.25) is 0 Å². The first kappa shape index (κ1) is 14.8. The Bertz CT molecular complexity index is 473. The van der Waals surface area contributed by atoms with Crippen LogP contribution in [0.5, 0.6) is 0 Å². The van der Waals surface area contributed by atoms with Crippen LogP contribution in [-0.4, -0.2) is 42.1 Å². The number of thiophene rings is 1. The molecular formula is C14H20N2O3S. The number of hydrogen-bond donors (Lipinski definition) is 1. The van der Waals surface area contributed by atoms with Crippen molar-refractivity contribution in [2.75, 3.05) is 19.6 Å². The van der Waals surface area contributed by atoms with Crippen molar-refractivity contribution in [3.05, 3.63) is 22.4 Å². The van der Waals surface area contributed by atoms with Crippen molar-refractivity contribution >= 4 is 23.3 Å². The van der Waals surface area contributed by atoms with Crippen LogP contribution in [0.3, 0.4) is 0 Å². The van der Waals surface area contributed by atoms with Gasteiger partial charge in [-0.3, -0.25) is 4.79 Å². The third kappa shape index (κ3) is 3.96. The van der Waals surface area contributed by atoms with E-state index in [4.69, 9.17) is 4.74 Å². The van der Waals surface area contributed by atoms with E-state index in [1.54, 1.807) is 11.0 Å². The van der Waals surface area contributed by atoms with Gasteiger partial charge in [-0.25, -0.2) is 4.79 Å². The summed E-state index contributed by atoms with van der Waals surface area (Å²) < 4.78 is 5.28. The molecule has 0 radical (unpaired) electrons. The molecule has 1 aliphatic heterocycles. The topological polar surface area (TPSA) is 58.6 Å². The predicted octanol–water partition coefficient (Wildman–Crippen LogP) is 2.34. The highest BCUT2D eigenvalue weighted by Gasteiger charge is 2.33. The van der Waals surface area contributed by atoms with E-state index in [9.17, 15) is 9.59 Å². The van der Waals surface area contributed by atoms with Crippen LogP contribution >= 0.6 is 11.3 Å². The number of nitrogens with zero attached hydrogens (tertiary/aromatic N) is 1. The van der Waals surface area contributed by atoms with Gasteiger partial charge in [0.25, 0.3) is 5.91 Å². The van der Waals surface area contributed by atoms with Gasteiger partial charge in [0.1, 0.15) is 5.60 Å². The van der Waals surface area contributed by atoms with E-state index in [0.717, 1.165) is 0 Å². The summed E-state index contributed by atoms with van der Waals surface area (Å²) in [5, 5.41) is 4.76. The molecule has 1 saturated heterocycles. The lowest BCUT2D eigenvalue weighted by Crippen LogP contribution is -2.54. The molecule has 0 aliphatic carbocycles. The lowest BCUT2D eigenvalue weighted by Gasteiger charge is -2.39. The Balaban J connectivity index is 1.67. The minimum absolute atomic E-state index is 0.0456. The molecule has 1 N–H and O–H groups in total. The average molecular weight is 296 g/mol. The molecule has 0 unspecified atom stereocenters. The molecule has 110 valence electrons. The Labute approximate surface area is 122 Å². The fraction of sp³-hybridized carbons (Fsp3) is 0.571. The molecule has 1 aliphatic rings. The maximum Gasteiger partial charge on any atom is 0.410 e. The molecule has 1 fully saturated rings. The van der Waals surface area contributed by atoms with Crippen LogP contribution in [0.4, 0.5) is 4.79 Å².